The number of rotatable bonds is 20. The van der Waals surface area contributed by atoms with Crippen LogP contribution < -0.4 is 4.72 Å². The number of hydrogen-bond donors (Lipinski definition) is 1. The summed E-state index contributed by atoms with van der Waals surface area (Å²) in [6.45, 7) is 34.7. The molecule has 1 saturated carbocycles. The van der Waals surface area contributed by atoms with E-state index >= 15 is 0 Å². The van der Waals surface area contributed by atoms with E-state index in [2.05, 4.69) is 106 Å². The minimum atomic E-state index is -3.54. The SMILES string of the molecule is CC(C)(C)[Si](C)(C)OC(CC[C@@H]1[C@@H](CCCCCCC(=O)NS(C)(=O)=O)[C@@H](O[Si](C)(C)C(C)(C)C)C[C@H]1O[Si](C)(C)C(C)(C)C)CSc1ccccc1F. The quantitative estimate of drug-likeness (QED) is 0.0794. The Morgan fingerprint density at radius 3 is 1.76 bits per heavy atom. The van der Waals surface area contributed by atoms with Gasteiger partial charge < -0.3 is 13.3 Å². The molecule has 0 aromatic heterocycles. The number of hydrogen-bond acceptors (Lipinski definition) is 7. The summed E-state index contributed by atoms with van der Waals surface area (Å²) in [5.41, 5.74) is 0. The lowest BCUT2D eigenvalue weighted by atomic mass is 9.85. The van der Waals surface area contributed by atoms with Crippen molar-refractivity contribution < 1.29 is 30.9 Å². The van der Waals surface area contributed by atoms with E-state index in [1.807, 2.05) is 12.1 Å². The molecule has 5 atom stereocenters. The van der Waals surface area contributed by atoms with Crippen molar-refractivity contribution in [2.75, 3.05) is 12.0 Å². The largest absolute Gasteiger partial charge is 0.414 e. The van der Waals surface area contributed by atoms with Crippen molar-refractivity contribution >= 4 is 52.6 Å². The normalized spacial score (nSPS) is 21.4. The van der Waals surface area contributed by atoms with Crippen LogP contribution in [-0.2, 0) is 28.1 Å². The molecule has 314 valence electrons. The molecule has 0 radical (unpaired) electrons. The zero-order valence-electron chi connectivity index (χ0n) is 36.9. The molecule has 1 aromatic rings. The first-order chi connectivity index (χ1) is 24.4. The van der Waals surface area contributed by atoms with E-state index in [0.29, 0.717) is 28.9 Å². The van der Waals surface area contributed by atoms with Gasteiger partial charge in [0.1, 0.15) is 5.82 Å². The number of carbonyl (C=O) groups is 1. The summed E-state index contributed by atoms with van der Waals surface area (Å²) in [4.78, 5) is 12.8. The highest BCUT2D eigenvalue weighted by Crippen LogP contribution is 2.49. The lowest BCUT2D eigenvalue weighted by molar-refractivity contribution is -0.119. The molecule has 1 fully saturated rings. The van der Waals surface area contributed by atoms with Gasteiger partial charge in [-0.25, -0.2) is 12.8 Å². The number of thioether (sulfide) groups is 1. The molecule has 1 N–H and O–H groups in total. The maximum absolute atomic E-state index is 14.8. The number of nitrogens with one attached hydrogen (secondary N) is 1. The third kappa shape index (κ3) is 15.3. The highest BCUT2D eigenvalue weighted by molar-refractivity contribution is 7.99. The molecule has 1 aliphatic carbocycles. The van der Waals surface area contributed by atoms with E-state index in [-0.39, 0.29) is 45.7 Å². The van der Waals surface area contributed by atoms with Crippen molar-refractivity contribution in [3.8, 4) is 0 Å². The fourth-order valence-corrected chi connectivity index (χ4v) is 12.2. The molecular formula is C41H78FNO6S2Si3. The summed E-state index contributed by atoms with van der Waals surface area (Å²) in [6, 6.07) is 7.03. The van der Waals surface area contributed by atoms with Gasteiger partial charge in [-0.05, 0) is 110 Å². The lowest BCUT2D eigenvalue weighted by Gasteiger charge is -2.41. The van der Waals surface area contributed by atoms with Crippen molar-refractivity contribution in [3.05, 3.63) is 30.1 Å². The predicted molar refractivity (Wildman–Crippen MR) is 235 cm³/mol. The van der Waals surface area contributed by atoms with Gasteiger partial charge in [-0.1, -0.05) is 93.7 Å². The highest BCUT2D eigenvalue weighted by atomic mass is 32.2. The Kier molecular flexibility index (Phi) is 17.9. The number of sulfonamides is 1. The van der Waals surface area contributed by atoms with E-state index < -0.39 is 40.9 Å². The van der Waals surface area contributed by atoms with Crippen molar-refractivity contribution in [2.24, 2.45) is 11.8 Å². The van der Waals surface area contributed by atoms with Crippen LogP contribution in [0.1, 0.15) is 120 Å². The highest BCUT2D eigenvalue weighted by Gasteiger charge is 2.51. The number of amides is 1. The van der Waals surface area contributed by atoms with E-state index in [1.165, 1.54) is 6.07 Å². The van der Waals surface area contributed by atoms with Gasteiger partial charge in [0, 0.05) is 17.1 Å². The predicted octanol–water partition coefficient (Wildman–Crippen LogP) is 11.9. The van der Waals surface area contributed by atoms with E-state index in [1.54, 1.807) is 17.8 Å². The van der Waals surface area contributed by atoms with Crippen LogP contribution in [-0.4, -0.2) is 69.6 Å². The zero-order valence-corrected chi connectivity index (χ0v) is 41.5. The molecule has 1 unspecified atom stereocenters. The second-order valence-electron chi connectivity index (χ2n) is 20.5. The van der Waals surface area contributed by atoms with E-state index in [4.69, 9.17) is 13.3 Å². The van der Waals surface area contributed by atoms with Crippen molar-refractivity contribution in [1.29, 1.82) is 0 Å². The maximum Gasteiger partial charge on any atom is 0.233 e. The van der Waals surface area contributed by atoms with Gasteiger partial charge in [-0.15, -0.1) is 11.8 Å². The van der Waals surface area contributed by atoms with Crippen LogP contribution in [0.4, 0.5) is 4.39 Å². The van der Waals surface area contributed by atoms with Crippen LogP contribution in [0.25, 0.3) is 0 Å². The van der Waals surface area contributed by atoms with Crippen LogP contribution in [0.5, 0.6) is 0 Å². The number of benzene rings is 1. The summed E-state index contributed by atoms with van der Waals surface area (Å²) in [6.07, 6.45) is 8.57. The smallest absolute Gasteiger partial charge is 0.233 e. The Labute approximate surface area is 338 Å². The van der Waals surface area contributed by atoms with Gasteiger partial charge in [0.2, 0.25) is 15.9 Å². The third-order valence-electron chi connectivity index (χ3n) is 12.8. The Hall–Kier alpha value is -0.549. The Balaban J connectivity index is 2.44. The molecule has 7 nitrogen and oxygen atoms in total. The minimum absolute atomic E-state index is 0.0249. The molecule has 0 heterocycles. The maximum atomic E-state index is 14.8. The van der Waals surface area contributed by atoms with Crippen LogP contribution in [0.3, 0.4) is 0 Å². The molecular weight excluding hydrogens is 770 g/mol. The standard InChI is InChI=1S/C41H78FNO6S2Si3/c1-39(2,3)52(11,12)47-31(30-50-37-25-22-21-24-34(37)42)27-28-33-32(23-19-17-18-20-26-38(44)43-51(10,45)46)35(48-53(13,14)40(4,5)6)29-36(33)49-54(15,16)41(7,8)9/h21-22,24-25,31-33,35-36H,17-20,23,26-30H2,1-16H3,(H,43,44)/t31?,32-,33-,35+,36-/m1/s1. The van der Waals surface area contributed by atoms with Gasteiger partial charge in [0.15, 0.2) is 25.0 Å². The molecule has 54 heavy (non-hydrogen) atoms. The van der Waals surface area contributed by atoms with Crippen molar-refractivity contribution in [2.45, 2.75) is 198 Å². The van der Waals surface area contributed by atoms with Gasteiger partial charge >= 0.3 is 0 Å². The first-order valence-electron chi connectivity index (χ1n) is 20.3. The van der Waals surface area contributed by atoms with Crippen LogP contribution in [0.15, 0.2) is 29.2 Å². The second-order valence-corrected chi connectivity index (χ2v) is 37.5. The van der Waals surface area contributed by atoms with Crippen LogP contribution >= 0.6 is 11.8 Å². The first kappa shape index (κ1) is 49.6. The molecule has 0 spiro atoms. The lowest BCUT2D eigenvalue weighted by Crippen LogP contribution is -2.46. The Bertz CT molecular complexity index is 1450. The van der Waals surface area contributed by atoms with Crippen molar-refractivity contribution in [3.63, 3.8) is 0 Å². The third-order valence-corrected chi connectivity index (χ3v) is 28.1. The summed E-state index contributed by atoms with van der Waals surface area (Å²) >= 11 is 1.56. The molecule has 0 aliphatic heterocycles. The average molecular weight is 848 g/mol. The molecule has 13 heteroatoms. The molecule has 1 aliphatic rings. The molecule has 0 bridgehead atoms. The Morgan fingerprint density at radius 1 is 0.796 bits per heavy atom. The molecule has 1 amide bonds. The topological polar surface area (TPSA) is 90.9 Å². The molecule has 0 saturated heterocycles. The summed E-state index contributed by atoms with van der Waals surface area (Å²) in [5, 5.41) is 0.189. The van der Waals surface area contributed by atoms with Crippen LogP contribution in [0.2, 0.25) is 54.4 Å². The number of carbonyl (C=O) groups excluding carboxylic acids is 1. The summed E-state index contributed by atoms with van der Waals surface area (Å²) in [5.74, 6) is 0.669. The number of halogens is 1. The summed E-state index contributed by atoms with van der Waals surface area (Å²) < 4.78 is 61.7. The number of unbranched alkanes of at least 4 members (excludes halogenated alkanes) is 3. The fraction of sp³-hybridized carbons (Fsp3) is 0.829. The van der Waals surface area contributed by atoms with E-state index in [0.717, 1.165) is 51.2 Å². The molecule has 1 aromatic carbocycles. The minimum Gasteiger partial charge on any atom is -0.414 e. The fourth-order valence-electron chi connectivity index (χ4n) is 6.48. The van der Waals surface area contributed by atoms with Crippen molar-refractivity contribution in [1.82, 2.24) is 4.72 Å². The monoisotopic (exact) mass is 847 g/mol. The van der Waals surface area contributed by atoms with Gasteiger partial charge in [0.25, 0.3) is 0 Å². The Morgan fingerprint density at radius 2 is 1.28 bits per heavy atom. The van der Waals surface area contributed by atoms with Gasteiger partial charge in [-0.2, -0.15) is 0 Å². The second kappa shape index (κ2) is 19.5. The summed E-state index contributed by atoms with van der Waals surface area (Å²) in [7, 11) is -9.90. The van der Waals surface area contributed by atoms with Gasteiger partial charge in [-0.3, -0.25) is 9.52 Å². The van der Waals surface area contributed by atoms with Crippen LogP contribution in [0, 0.1) is 17.7 Å². The van der Waals surface area contributed by atoms with E-state index in [9.17, 15) is 17.6 Å². The molecule has 2 rings (SSSR count). The zero-order chi connectivity index (χ0) is 41.6. The first-order valence-corrected chi connectivity index (χ1v) is 31.9. The van der Waals surface area contributed by atoms with Gasteiger partial charge in [0.05, 0.1) is 24.6 Å². The average Bonchev–Trinajstić information content (AvgIpc) is 3.27.